The summed E-state index contributed by atoms with van der Waals surface area (Å²) in [5, 5.41) is 0. The first-order valence-corrected chi connectivity index (χ1v) is 6.49. The first-order chi connectivity index (χ1) is 8.16. The van der Waals surface area contributed by atoms with Crippen molar-refractivity contribution in [2.24, 2.45) is 5.92 Å². The van der Waals surface area contributed by atoms with Gasteiger partial charge in [0.1, 0.15) is 5.75 Å². The number of ketones is 1. The number of ether oxygens (including phenoxy) is 1. The number of alkyl halides is 2. The summed E-state index contributed by atoms with van der Waals surface area (Å²) in [4.78, 5) is 12.0. The average Bonchev–Trinajstić information content (AvgIpc) is 2.81. The predicted molar refractivity (Wildman–Crippen MR) is 62.8 cm³/mol. The van der Waals surface area contributed by atoms with Gasteiger partial charge in [-0.2, -0.15) is 20.5 Å². The number of carbonyl (C=O) groups is 1. The fraction of sp³-hybridized carbons (Fsp3) is 0.417. The molecule has 5 heteroatoms. The number of halogens is 2. The summed E-state index contributed by atoms with van der Waals surface area (Å²) in [5.74, 6) is 1.88. The van der Waals surface area contributed by atoms with Crippen LogP contribution in [0.15, 0.2) is 24.3 Å². The maximum absolute atomic E-state index is 12.0. The zero-order valence-electron chi connectivity index (χ0n) is 9.07. The molecule has 1 aromatic rings. The van der Waals surface area contributed by atoms with Crippen LogP contribution in [0.2, 0.25) is 0 Å². The van der Waals surface area contributed by atoms with Gasteiger partial charge in [-0.15, -0.1) is 0 Å². The molecule has 1 atom stereocenters. The van der Waals surface area contributed by atoms with Crippen molar-refractivity contribution in [3.05, 3.63) is 29.8 Å². The molecule has 0 aromatic heterocycles. The Morgan fingerprint density at radius 3 is 2.94 bits per heavy atom. The number of Topliss-reactive ketones (excluding diaryl/α,β-unsaturated/α-hetero) is 1. The van der Waals surface area contributed by atoms with Gasteiger partial charge in [0.05, 0.1) is 0 Å². The molecule has 1 heterocycles. The van der Waals surface area contributed by atoms with Crippen LogP contribution < -0.4 is 4.74 Å². The molecule has 1 unspecified atom stereocenters. The highest BCUT2D eigenvalue weighted by Gasteiger charge is 2.24. The van der Waals surface area contributed by atoms with E-state index in [2.05, 4.69) is 4.74 Å². The standard InChI is InChI=1S/C12H12F2O2S/c13-12(14)16-10-3-1-2-8(6-10)11(15)9-4-5-17-7-9/h1-3,6,9,12H,4-5,7H2. The van der Waals surface area contributed by atoms with E-state index in [0.717, 1.165) is 17.9 Å². The summed E-state index contributed by atoms with van der Waals surface area (Å²) in [6.45, 7) is -2.86. The van der Waals surface area contributed by atoms with Gasteiger partial charge in [-0.25, -0.2) is 0 Å². The van der Waals surface area contributed by atoms with Crippen LogP contribution in [0.4, 0.5) is 8.78 Å². The third-order valence-corrected chi connectivity index (χ3v) is 3.81. The van der Waals surface area contributed by atoms with E-state index >= 15 is 0 Å². The summed E-state index contributed by atoms with van der Waals surface area (Å²) >= 11 is 1.75. The van der Waals surface area contributed by atoms with Crippen molar-refractivity contribution in [1.29, 1.82) is 0 Å². The van der Waals surface area contributed by atoms with Crippen LogP contribution in [0.1, 0.15) is 16.8 Å². The molecule has 1 aromatic carbocycles. The van der Waals surface area contributed by atoms with Gasteiger partial charge in [0.25, 0.3) is 0 Å². The summed E-state index contributed by atoms with van der Waals surface area (Å²) in [7, 11) is 0. The molecule has 0 spiro atoms. The maximum Gasteiger partial charge on any atom is 0.387 e. The molecule has 1 fully saturated rings. The number of hydrogen-bond acceptors (Lipinski definition) is 3. The normalized spacial score (nSPS) is 19.6. The molecule has 0 radical (unpaired) electrons. The molecule has 1 saturated heterocycles. The average molecular weight is 258 g/mol. The van der Waals surface area contributed by atoms with Crippen molar-refractivity contribution in [3.8, 4) is 5.75 Å². The second kappa shape index (κ2) is 5.49. The van der Waals surface area contributed by atoms with Crippen LogP contribution in [0.3, 0.4) is 0 Å². The highest BCUT2D eigenvalue weighted by molar-refractivity contribution is 7.99. The fourth-order valence-corrected chi connectivity index (χ4v) is 3.02. The van der Waals surface area contributed by atoms with Crippen LogP contribution in [-0.4, -0.2) is 23.9 Å². The van der Waals surface area contributed by atoms with Gasteiger partial charge in [0.2, 0.25) is 0 Å². The Labute approximate surface area is 102 Å². The van der Waals surface area contributed by atoms with Gasteiger partial charge in [-0.3, -0.25) is 4.79 Å². The number of thioether (sulfide) groups is 1. The lowest BCUT2D eigenvalue weighted by molar-refractivity contribution is -0.0498. The van der Waals surface area contributed by atoms with Crippen LogP contribution in [-0.2, 0) is 0 Å². The van der Waals surface area contributed by atoms with Crippen molar-refractivity contribution in [1.82, 2.24) is 0 Å². The Bertz CT molecular complexity index is 403. The minimum atomic E-state index is -2.86. The topological polar surface area (TPSA) is 26.3 Å². The molecule has 0 aliphatic carbocycles. The number of rotatable bonds is 4. The minimum Gasteiger partial charge on any atom is -0.435 e. The second-order valence-corrected chi connectivity index (χ2v) is 4.98. The lowest BCUT2D eigenvalue weighted by Gasteiger charge is -2.09. The van der Waals surface area contributed by atoms with E-state index in [-0.39, 0.29) is 17.5 Å². The molecule has 17 heavy (non-hydrogen) atoms. The molecule has 2 nitrogen and oxygen atoms in total. The predicted octanol–water partition coefficient (Wildman–Crippen LogP) is 3.22. The van der Waals surface area contributed by atoms with Gasteiger partial charge in [0.15, 0.2) is 5.78 Å². The Balaban J connectivity index is 2.12. The molecule has 0 N–H and O–H groups in total. The van der Waals surface area contributed by atoms with Crippen molar-refractivity contribution < 1.29 is 18.3 Å². The Morgan fingerprint density at radius 2 is 2.29 bits per heavy atom. The van der Waals surface area contributed by atoms with Crippen LogP contribution in [0.25, 0.3) is 0 Å². The summed E-state index contributed by atoms with van der Waals surface area (Å²) in [5.41, 5.74) is 0.454. The van der Waals surface area contributed by atoms with Crippen LogP contribution >= 0.6 is 11.8 Å². The van der Waals surface area contributed by atoms with E-state index in [1.54, 1.807) is 23.9 Å². The first kappa shape index (κ1) is 12.4. The number of hydrogen-bond donors (Lipinski definition) is 0. The smallest absolute Gasteiger partial charge is 0.387 e. The molecule has 0 amide bonds. The van der Waals surface area contributed by atoms with Crippen molar-refractivity contribution in [2.45, 2.75) is 13.0 Å². The summed E-state index contributed by atoms with van der Waals surface area (Å²) in [6, 6.07) is 6.01. The van der Waals surface area contributed by atoms with Gasteiger partial charge < -0.3 is 4.74 Å². The summed E-state index contributed by atoms with van der Waals surface area (Å²) in [6.07, 6.45) is 0.865. The first-order valence-electron chi connectivity index (χ1n) is 5.33. The molecular formula is C12H12F2O2S. The van der Waals surface area contributed by atoms with E-state index in [9.17, 15) is 13.6 Å². The summed E-state index contributed by atoms with van der Waals surface area (Å²) < 4.78 is 28.4. The Hall–Kier alpha value is -1.10. The zero-order valence-corrected chi connectivity index (χ0v) is 9.88. The van der Waals surface area contributed by atoms with E-state index in [0.29, 0.717) is 5.56 Å². The molecule has 2 rings (SSSR count). The third kappa shape index (κ3) is 3.19. The quantitative estimate of drug-likeness (QED) is 0.776. The lowest BCUT2D eigenvalue weighted by atomic mass is 9.97. The molecule has 0 saturated carbocycles. The highest BCUT2D eigenvalue weighted by atomic mass is 32.2. The lowest BCUT2D eigenvalue weighted by Crippen LogP contribution is -2.14. The van der Waals surface area contributed by atoms with Crippen molar-refractivity contribution >= 4 is 17.5 Å². The SMILES string of the molecule is O=C(c1cccc(OC(F)F)c1)C1CCSC1. The molecule has 92 valence electrons. The maximum atomic E-state index is 12.0. The minimum absolute atomic E-state index is 0.0156. The monoisotopic (exact) mass is 258 g/mol. The zero-order chi connectivity index (χ0) is 12.3. The van der Waals surface area contributed by atoms with Crippen LogP contribution in [0.5, 0.6) is 5.75 Å². The molecule has 1 aliphatic rings. The highest BCUT2D eigenvalue weighted by Crippen LogP contribution is 2.27. The van der Waals surface area contributed by atoms with Crippen molar-refractivity contribution in [3.63, 3.8) is 0 Å². The van der Waals surface area contributed by atoms with Gasteiger partial charge in [-0.05, 0) is 24.3 Å². The largest absolute Gasteiger partial charge is 0.435 e. The second-order valence-electron chi connectivity index (χ2n) is 3.83. The van der Waals surface area contributed by atoms with Gasteiger partial charge in [0, 0.05) is 17.2 Å². The van der Waals surface area contributed by atoms with E-state index in [1.165, 1.54) is 12.1 Å². The van der Waals surface area contributed by atoms with Crippen LogP contribution in [0, 0.1) is 5.92 Å². The Morgan fingerprint density at radius 1 is 1.47 bits per heavy atom. The van der Waals surface area contributed by atoms with Gasteiger partial charge >= 0.3 is 6.61 Å². The van der Waals surface area contributed by atoms with Crippen molar-refractivity contribution in [2.75, 3.05) is 11.5 Å². The fourth-order valence-electron chi connectivity index (χ4n) is 1.80. The third-order valence-electron chi connectivity index (χ3n) is 2.64. The number of carbonyl (C=O) groups excluding carboxylic acids is 1. The Kier molecular flexibility index (Phi) is 3.99. The molecular weight excluding hydrogens is 246 g/mol. The molecule has 1 aliphatic heterocycles. The van der Waals surface area contributed by atoms with E-state index in [4.69, 9.17) is 0 Å². The van der Waals surface area contributed by atoms with E-state index in [1.807, 2.05) is 0 Å². The molecule has 0 bridgehead atoms. The number of benzene rings is 1. The van der Waals surface area contributed by atoms with Gasteiger partial charge in [-0.1, -0.05) is 12.1 Å². The van der Waals surface area contributed by atoms with E-state index < -0.39 is 6.61 Å².